The molecule has 0 radical (unpaired) electrons. The van der Waals surface area contributed by atoms with Crippen molar-refractivity contribution in [2.45, 2.75) is 0 Å². The maximum absolute atomic E-state index is 4.91. The number of hydrogen-bond acceptors (Lipinski definition) is 2. The van der Waals surface area contributed by atoms with Crippen molar-refractivity contribution in [3.63, 3.8) is 0 Å². The van der Waals surface area contributed by atoms with E-state index in [2.05, 4.69) is 36.4 Å². The molecule has 2 heterocycles. The molecule has 25 heavy (non-hydrogen) atoms. The van der Waals surface area contributed by atoms with Crippen LogP contribution in [0.3, 0.4) is 0 Å². The van der Waals surface area contributed by atoms with Gasteiger partial charge in [-0.2, -0.15) is 5.10 Å². The molecule has 0 unspecified atom stereocenters. The smallest absolute Gasteiger partial charge is 0.164 e. The summed E-state index contributed by atoms with van der Waals surface area (Å²) in [5.74, 6) is 0. The molecule has 0 fully saturated rings. The molecule has 0 atom stereocenters. The fourth-order valence-corrected chi connectivity index (χ4v) is 3.20. The molecule has 2 aromatic heterocycles. The molecule has 5 aromatic rings. The topological polar surface area (TPSA) is 30.7 Å². The van der Waals surface area contributed by atoms with E-state index in [0.717, 1.165) is 38.9 Å². The zero-order chi connectivity index (χ0) is 16.6. The molecule has 118 valence electrons. The highest BCUT2D eigenvalue weighted by molar-refractivity contribution is 5.99. The number of para-hydroxylation sites is 2. The molecule has 0 saturated heterocycles. The first-order valence-corrected chi connectivity index (χ1v) is 8.29. The number of fused-ring (bicyclic) bond motifs is 2. The average Bonchev–Trinajstić information content (AvgIpc) is 3.06. The maximum Gasteiger partial charge on any atom is 0.164 e. The van der Waals surface area contributed by atoms with Crippen molar-refractivity contribution >= 4 is 21.9 Å². The first-order chi connectivity index (χ1) is 12.4. The van der Waals surface area contributed by atoms with Gasteiger partial charge in [0.2, 0.25) is 0 Å². The van der Waals surface area contributed by atoms with Crippen LogP contribution in [0.5, 0.6) is 0 Å². The number of benzene rings is 3. The first-order valence-electron chi connectivity index (χ1n) is 8.29. The minimum atomic E-state index is 0.878. The van der Waals surface area contributed by atoms with Gasteiger partial charge < -0.3 is 0 Å². The molecule has 0 amide bonds. The fraction of sp³-hybridized carbons (Fsp3) is 0. The summed E-state index contributed by atoms with van der Waals surface area (Å²) in [4.78, 5) is 4.90. The van der Waals surface area contributed by atoms with Crippen LogP contribution in [-0.2, 0) is 0 Å². The van der Waals surface area contributed by atoms with E-state index in [4.69, 9.17) is 10.1 Å². The Hall–Kier alpha value is -3.46. The monoisotopic (exact) mass is 321 g/mol. The Morgan fingerprint density at radius 1 is 0.680 bits per heavy atom. The van der Waals surface area contributed by atoms with Crippen molar-refractivity contribution in [1.82, 2.24) is 14.8 Å². The molecule has 0 aliphatic carbocycles. The number of pyridine rings is 1. The maximum atomic E-state index is 4.91. The molecule has 0 N–H and O–H groups in total. The van der Waals surface area contributed by atoms with Gasteiger partial charge in [0.25, 0.3) is 0 Å². The van der Waals surface area contributed by atoms with Crippen LogP contribution in [0, 0.1) is 0 Å². The molecule has 5 rings (SSSR count). The SMILES string of the molecule is c1ccc(-c2nn(-c3ccccc3)c3nc4ccccc4cc23)cc1. The normalized spacial score (nSPS) is 11.2. The summed E-state index contributed by atoms with van der Waals surface area (Å²) in [5.41, 5.74) is 4.92. The average molecular weight is 321 g/mol. The van der Waals surface area contributed by atoms with Crippen molar-refractivity contribution in [2.75, 3.05) is 0 Å². The van der Waals surface area contributed by atoms with Crippen LogP contribution in [0.2, 0.25) is 0 Å². The summed E-state index contributed by atoms with van der Waals surface area (Å²) in [6.45, 7) is 0. The molecule has 0 aliphatic heterocycles. The molecule has 0 spiro atoms. The van der Waals surface area contributed by atoms with Crippen LogP contribution in [0.1, 0.15) is 0 Å². The lowest BCUT2D eigenvalue weighted by Crippen LogP contribution is -1.97. The molecule has 0 bridgehead atoms. The fourth-order valence-electron chi connectivity index (χ4n) is 3.20. The quantitative estimate of drug-likeness (QED) is 0.445. The van der Waals surface area contributed by atoms with Gasteiger partial charge >= 0.3 is 0 Å². The van der Waals surface area contributed by atoms with Gasteiger partial charge in [0, 0.05) is 16.3 Å². The highest BCUT2D eigenvalue weighted by Crippen LogP contribution is 2.31. The molecular formula is C22H15N3. The van der Waals surface area contributed by atoms with Gasteiger partial charge in [-0.15, -0.1) is 0 Å². The van der Waals surface area contributed by atoms with Gasteiger partial charge in [-0.05, 0) is 24.3 Å². The molecule has 0 aliphatic rings. The van der Waals surface area contributed by atoms with Crippen molar-refractivity contribution in [3.8, 4) is 16.9 Å². The zero-order valence-electron chi connectivity index (χ0n) is 13.5. The Morgan fingerprint density at radius 3 is 2.16 bits per heavy atom. The molecule has 0 saturated carbocycles. The number of rotatable bonds is 2. The second-order valence-corrected chi connectivity index (χ2v) is 6.01. The minimum absolute atomic E-state index is 0.878. The van der Waals surface area contributed by atoms with Crippen molar-refractivity contribution in [2.24, 2.45) is 0 Å². The van der Waals surface area contributed by atoms with Gasteiger partial charge in [0.05, 0.1) is 11.2 Å². The Morgan fingerprint density at radius 2 is 1.36 bits per heavy atom. The number of hydrogen-bond donors (Lipinski definition) is 0. The predicted molar refractivity (Wildman–Crippen MR) is 102 cm³/mol. The Balaban J connectivity index is 1.89. The summed E-state index contributed by atoms with van der Waals surface area (Å²) in [6.07, 6.45) is 0. The lowest BCUT2D eigenvalue weighted by atomic mass is 10.1. The van der Waals surface area contributed by atoms with Gasteiger partial charge in [0.15, 0.2) is 5.65 Å². The summed E-state index contributed by atoms with van der Waals surface area (Å²) in [6, 6.07) is 30.8. The summed E-state index contributed by atoms with van der Waals surface area (Å²) >= 11 is 0. The van der Waals surface area contributed by atoms with Crippen molar-refractivity contribution < 1.29 is 0 Å². The van der Waals surface area contributed by atoms with Crippen LogP contribution in [0.4, 0.5) is 0 Å². The van der Waals surface area contributed by atoms with Crippen LogP contribution in [0.15, 0.2) is 91.0 Å². The number of nitrogens with zero attached hydrogens (tertiary/aromatic N) is 3. The second-order valence-electron chi connectivity index (χ2n) is 6.01. The van der Waals surface area contributed by atoms with E-state index >= 15 is 0 Å². The molecule has 3 heteroatoms. The van der Waals surface area contributed by atoms with E-state index in [0.29, 0.717) is 0 Å². The van der Waals surface area contributed by atoms with E-state index in [1.54, 1.807) is 0 Å². The van der Waals surface area contributed by atoms with Gasteiger partial charge in [-0.1, -0.05) is 66.7 Å². The van der Waals surface area contributed by atoms with E-state index < -0.39 is 0 Å². The van der Waals surface area contributed by atoms with Crippen molar-refractivity contribution in [1.29, 1.82) is 0 Å². The van der Waals surface area contributed by atoms with E-state index in [1.807, 2.05) is 59.3 Å². The summed E-state index contributed by atoms with van der Waals surface area (Å²) < 4.78 is 1.93. The Labute approximate surface area is 145 Å². The molecule has 3 aromatic carbocycles. The zero-order valence-corrected chi connectivity index (χ0v) is 13.5. The van der Waals surface area contributed by atoms with Gasteiger partial charge in [0.1, 0.15) is 5.69 Å². The highest BCUT2D eigenvalue weighted by Gasteiger charge is 2.15. The predicted octanol–water partition coefficient (Wildman–Crippen LogP) is 5.24. The Kier molecular flexibility index (Phi) is 3.10. The largest absolute Gasteiger partial charge is 0.228 e. The third-order valence-corrected chi connectivity index (χ3v) is 4.41. The van der Waals surface area contributed by atoms with Crippen LogP contribution >= 0.6 is 0 Å². The van der Waals surface area contributed by atoms with Crippen molar-refractivity contribution in [3.05, 3.63) is 91.0 Å². The lowest BCUT2D eigenvalue weighted by molar-refractivity contribution is 0.903. The summed E-state index contributed by atoms with van der Waals surface area (Å²) in [5, 5.41) is 7.10. The lowest BCUT2D eigenvalue weighted by Gasteiger charge is -2.03. The van der Waals surface area contributed by atoms with E-state index in [-0.39, 0.29) is 0 Å². The molecule has 3 nitrogen and oxygen atoms in total. The van der Waals surface area contributed by atoms with Crippen LogP contribution in [-0.4, -0.2) is 14.8 Å². The van der Waals surface area contributed by atoms with Crippen LogP contribution < -0.4 is 0 Å². The standard InChI is InChI=1S/C22H15N3/c1-3-9-16(10-4-1)21-19-15-17-11-7-8-14-20(17)23-22(19)25(24-21)18-12-5-2-6-13-18/h1-15H. The highest BCUT2D eigenvalue weighted by atomic mass is 15.3. The second kappa shape index (κ2) is 5.56. The third-order valence-electron chi connectivity index (χ3n) is 4.41. The van der Waals surface area contributed by atoms with Gasteiger partial charge in [-0.25, -0.2) is 9.67 Å². The Bertz CT molecular complexity index is 1080. The van der Waals surface area contributed by atoms with Crippen LogP contribution in [0.25, 0.3) is 38.9 Å². The summed E-state index contributed by atoms with van der Waals surface area (Å²) in [7, 11) is 0. The first kappa shape index (κ1) is 13.9. The minimum Gasteiger partial charge on any atom is -0.228 e. The van der Waals surface area contributed by atoms with E-state index in [9.17, 15) is 0 Å². The van der Waals surface area contributed by atoms with Gasteiger partial charge in [-0.3, -0.25) is 0 Å². The third kappa shape index (κ3) is 2.29. The number of aromatic nitrogens is 3. The molecular weight excluding hydrogens is 306 g/mol. The van der Waals surface area contributed by atoms with E-state index in [1.165, 1.54) is 0 Å².